The monoisotopic (exact) mass is 354 g/mol. The Bertz CT molecular complexity index is 405. The molecule has 2 saturated heterocycles. The highest BCUT2D eigenvalue weighted by molar-refractivity contribution is 5.08. The zero-order valence-electron chi connectivity index (χ0n) is 13.6. The summed E-state index contributed by atoms with van der Waals surface area (Å²) in [5, 5.41) is 59.0. The van der Waals surface area contributed by atoms with Crippen LogP contribution >= 0.6 is 0 Å². The van der Waals surface area contributed by atoms with Crippen LogP contribution in [0.15, 0.2) is 0 Å². The Morgan fingerprint density at radius 1 is 1.25 bits per heavy atom. The molecule has 9 atom stereocenters. The van der Waals surface area contributed by atoms with Gasteiger partial charge in [0, 0.05) is 7.11 Å². The summed E-state index contributed by atoms with van der Waals surface area (Å²) in [5.74, 6) is -1.91. The van der Waals surface area contributed by atoms with E-state index in [-0.39, 0.29) is 6.42 Å². The predicted octanol–water partition coefficient (Wildman–Crippen LogP) is -3.32. The van der Waals surface area contributed by atoms with E-state index < -0.39 is 68.0 Å². The first-order valence-electron chi connectivity index (χ1n) is 7.83. The fourth-order valence-corrected chi connectivity index (χ4v) is 2.82. The number of hydrogen-bond donors (Lipinski definition) is 6. The lowest BCUT2D eigenvalue weighted by atomic mass is 9.99. The van der Waals surface area contributed by atoms with Crippen molar-refractivity contribution in [3.05, 3.63) is 0 Å². The van der Waals surface area contributed by atoms with Gasteiger partial charge in [0.05, 0.1) is 19.3 Å². The number of hydrogen-bond acceptors (Lipinski definition) is 10. The molecule has 7 unspecified atom stereocenters. The zero-order valence-corrected chi connectivity index (χ0v) is 13.6. The van der Waals surface area contributed by atoms with Crippen molar-refractivity contribution in [1.29, 1.82) is 0 Å². The minimum absolute atomic E-state index is 0.214. The molecule has 10 nitrogen and oxygen atoms in total. The van der Waals surface area contributed by atoms with Crippen molar-refractivity contribution in [2.24, 2.45) is 0 Å². The molecule has 2 aliphatic heterocycles. The fourth-order valence-electron chi connectivity index (χ4n) is 2.82. The summed E-state index contributed by atoms with van der Waals surface area (Å²) in [6, 6.07) is 0. The van der Waals surface area contributed by atoms with Gasteiger partial charge in [-0.3, -0.25) is 0 Å². The van der Waals surface area contributed by atoms with E-state index in [9.17, 15) is 30.6 Å². The summed E-state index contributed by atoms with van der Waals surface area (Å²) in [7, 11) is 1.28. The predicted molar refractivity (Wildman–Crippen MR) is 76.6 cm³/mol. The third-order valence-electron chi connectivity index (χ3n) is 4.46. The lowest BCUT2D eigenvalue weighted by Gasteiger charge is -2.38. The molecule has 0 aliphatic carbocycles. The summed E-state index contributed by atoms with van der Waals surface area (Å²) in [6.45, 7) is 0.646. The second-order valence-electron chi connectivity index (χ2n) is 5.98. The van der Waals surface area contributed by atoms with Gasteiger partial charge in [0.1, 0.15) is 30.5 Å². The van der Waals surface area contributed by atoms with Gasteiger partial charge in [-0.15, -0.1) is 0 Å². The molecule has 0 amide bonds. The van der Waals surface area contributed by atoms with E-state index in [4.69, 9.17) is 18.9 Å². The smallest absolute Gasteiger partial charge is 0.227 e. The fraction of sp³-hybridized carbons (Fsp3) is 1.00. The third-order valence-corrected chi connectivity index (χ3v) is 4.46. The molecule has 0 aromatic heterocycles. The highest BCUT2D eigenvalue weighted by Crippen LogP contribution is 2.46. The maximum Gasteiger partial charge on any atom is 0.227 e. The first-order valence-corrected chi connectivity index (χ1v) is 7.83. The molecule has 2 aliphatic rings. The maximum atomic E-state index is 10.2. The number of aliphatic hydroxyl groups is 6. The summed E-state index contributed by atoms with van der Waals surface area (Å²) in [4.78, 5) is 0. The van der Waals surface area contributed by atoms with Gasteiger partial charge in [-0.05, 0) is 6.42 Å². The van der Waals surface area contributed by atoms with E-state index >= 15 is 0 Å². The molecule has 0 saturated carbocycles. The van der Waals surface area contributed by atoms with Gasteiger partial charge < -0.3 is 49.6 Å². The van der Waals surface area contributed by atoms with Crippen molar-refractivity contribution < 1.29 is 49.6 Å². The van der Waals surface area contributed by atoms with E-state index in [0.29, 0.717) is 0 Å². The van der Waals surface area contributed by atoms with Crippen LogP contribution in [0.2, 0.25) is 0 Å². The second kappa shape index (κ2) is 7.87. The third kappa shape index (κ3) is 3.58. The van der Waals surface area contributed by atoms with E-state index in [1.807, 2.05) is 0 Å². The van der Waals surface area contributed by atoms with Crippen LogP contribution in [0.1, 0.15) is 13.3 Å². The molecule has 2 fully saturated rings. The molecule has 0 aromatic carbocycles. The van der Waals surface area contributed by atoms with Crippen molar-refractivity contribution in [1.82, 2.24) is 0 Å². The summed E-state index contributed by atoms with van der Waals surface area (Å²) >= 11 is 0. The Hall–Kier alpha value is -0.400. The quantitative estimate of drug-likeness (QED) is 0.231. The molecular formula is C14H26O10. The van der Waals surface area contributed by atoms with Crippen LogP contribution < -0.4 is 0 Å². The molecule has 2 rings (SSSR count). The maximum absolute atomic E-state index is 10.2. The van der Waals surface area contributed by atoms with Gasteiger partial charge in [0.15, 0.2) is 12.4 Å². The first-order chi connectivity index (χ1) is 11.3. The minimum Gasteiger partial charge on any atom is -0.394 e. The number of epoxide rings is 1. The summed E-state index contributed by atoms with van der Waals surface area (Å²) in [6.07, 6.45) is -9.53. The van der Waals surface area contributed by atoms with Crippen LogP contribution in [-0.4, -0.2) is 106 Å². The van der Waals surface area contributed by atoms with E-state index in [2.05, 4.69) is 0 Å². The summed E-state index contributed by atoms with van der Waals surface area (Å²) in [5.41, 5.74) is 0. The molecule has 0 radical (unpaired) electrons. The van der Waals surface area contributed by atoms with E-state index in [0.717, 1.165) is 0 Å². The van der Waals surface area contributed by atoms with Crippen molar-refractivity contribution in [3.63, 3.8) is 0 Å². The van der Waals surface area contributed by atoms with Crippen LogP contribution in [0.4, 0.5) is 0 Å². The van der Waals surface area contributed by atoms with Gasteiger partial charge in [-0.2, -0.15) is 0 Å². The zero-order chi connectivity index (χ0) is 18.1. The molecule has 0 spiro atoms. The lowest BCUT2D eigenvalue weighted by Crippen LogP contribution is -2.58. The molecular weight excluding hydrogens is 328 g/mol. The van der Waals surface area contributed by atoms with E-state index in [1.54, 1.807) is 6.92 Å². The van der Waals surface area contributed by atoms with Crippen LogP contribution in [-0.2, 0) is 18.9 Å². The summed E-state index contributed by atoms with van der Waals surface area (Å²) < 4.78 is 20.9. The highest BCUT2D eigenvalue weighted by Gasteiger charge is 2.70. The largest absolute Gasteiger partial charge is 0.394 e. The SMILES string of the molecule is CCC(O)C(O)C(O[C@@H]1OC(CO)[C@@H]2OC2(O)C1O)C(CO)OC. The Morgan fingerprint density at radius 2 is 1.92 bits per heavy atom. The Kier molecular flexibility index (Phi) is 6.53. The highest BCUT2D eigenvalue weighted by atomic mass is 16.8. The van der Waals surface area contributed by atoms with E-state index in [1.165, 1.54) is 7.11 Å². The van der Waals surface area contributed by atoms with Crippen molar-refractivity contribution in [2.45, 2.75) is 68.1 Å². The number of rotatable bonds is 9. The lowest BCUT2D eigenvalue weighted by molar-refractivity contribution is -0.306. The molecule has 6 N–H and O–H groups in total. The van der Waals surface area contributed by atoms with Crippen LogP contribution in [0.3, 0.4) is 0 Å². The van der Waals surface area contributed by atoms with Gasteiger partial charge in [0.25, 0.3) is 0 Å². The Labute approximate surface area is 139 Å². The Balaban J connectivity index is 2.15. The Morgan fingerprint density at radius 3 is 2.42 bits per heavy atom. The molecule has 142 valence electrons. The topological polar surface area (TPSA) is 162 Å². The minimum atomic E-state index is -1.91. The van der Waals surface area contributed by atoms with Gasteiger partial charge in [-0.1, -0.05) is 6.92 Å². The molecule has 0 aromatic rings. The standard InChI is InChI=1S/C14H26O10/c1-3-6(17)9(18)10(7(4-15)21-2)23-13-11(19)14(20)12(24-14)8(5-16)22-13/h6-13,15-20H,3-5H2,1-2H3/t6?,7?,8?,9?,10?,11?,12-,13-,14?/m0/s1. The van der Waals surface area contributed by atoms with Crippen molar-refractivity contribution in [3.8, 4) is 0 Å². The van der Waals surface area contributed by atoms with Crippen LogP contribution in [0, 0.1) is 0 Å². The molecule has 24 heavy (non-hydrogen) atoms. The van der Waals surface area contributed by atoms with Gasteiger partial charge in [-0.25, -0.2) is 0 Å². The number of aliphatic hydroxyl groups excluding tert-OH is 5. The van der Waals surface area contributed by atoms with Crippen molar-refractivity contribution >= 4 is 0 Å². The van der Waals surface area contributed by atoms with Gasteiger partial charge in [0.2, 0.25) is 5.79 Å². The first kappa shape index (κ1) is 19.9. The van der Waals surface area contributed by atoms with Crippen LogP contribution in [0.25, 0.3) is 0 Å². The second-order valence-corrected chi connectivity index (χ2v) is 5.98. The molecule has 0 bridgehead atoms. The van der Waals surface area contributed by atoms with Crippen LogP contribution in [0.5, 0.6) is 0 Å². The number of methoxy groups -OCH3 is 1. The average molecular weight is 354 g/mol. The van der Waals surface area contributed by atoms with Crippen molar-refractivity contribution in [2.75, 3.05) is 20.3 Å². The normalized spacial score (nSPS) is 40.5. The molecule has 2 heterocycles. The van der Waals surface area contributed by atoms with Gasteiger partial charge >= 0.3 is 0 Å². The molecule has 10 heteroatoms. The number of fused-ring (bicyclic) bond motifs is 1. The average Bonchev–Trinajstić information content (AvgIpc) is 3.29. The number of ether oxygens (including phenoxy) is 4.